The van der Waals surface area contributed by atoms with Gasteiger partial charge in [-0.25, -0.2) is 17.6 Å². The van der Waals surface area contributed by atoms with E-state index in [1.807, 2.05) is 0 Å². The van der Waals surface area contributed by atoms with Crippen molar-refractivity contribution < 1.29 is 31.9 Å². The SMILES string of the molecule is O=C(COC(=O)c1ccc(F)c(S(=O)(=O)N2CCCCC2)c1)NC(=O)c1cccs1. The van der Waals surface area contributed by atoms with Crippen LogP contribution < -0.4 is 5.32 Å². The lowest BCUT2D eigenvalue weighted by molar-refractivity contribution is -0.123. The number of amides is 2. The molecular weight excluding hydrogens is 435 g/mol. The first-order chi connectivity index (χ1) is 14.3. The van der Waals surface area contributed by atoms with Gasteiger partial charge in [-0.1, -0.05) is 12.5 Å². The molecule has 0 spiro atoms. The summed E-state index contributed by atoms with van der Waals surface area (Å²) >= 11 is 1.14. The minimum Gasteiger partial charge on any atom is -0.452 e. The number of imide groups is 1. The highest BCUT2D eigenvalue weighted by molar-refractivity contribution is 7.89. The molecule has 1 aliphatic heterocycles. The van der Waals surface area contributed by atoms with E-state index in [1.54, 1.807) is 11.4 Å². The van der Waals surface area contributed by atoms with Crippen LogP contribution in [-0.2, 0) is 19.6 Å². The molecule has 0 aliphatic carbocycles. The van der Waals surface area contributed by atoms with Gasteiger partial charge in [0.1, 0.15) is 10.7 Å². The van der Waals surface area contributed by atoms with Gasteiger partial charge in [0.25, 0.3) is 11.8 Å². The van der Waals surface area contributed by atoms with Crippen molar-refractivity contribution in [2.45, 2.75) is 24.2 Å². The minimum absolute atomic E-state index is 0.218. The quantitative estimate of drug-likeness (QED) is 0.670. The van der Waals surface area contributed by atoms with Crippen molar-refractivity contribution >= 4 is 39.1 Å². The molecule has 2 amide bonds. The molecule has 3 rings (SSSR count). The van der Waals surface area contributed by atoms with Crippen LogP contribution in [0.4, 0.5) is 4.39 Å². The number of hydrogen-bond donors (Lipinski definition) is 1. The van der Waals surface area contributed by atoms with E-state index in [2.05, 4.69) is 5.32 Å². The molecule has 0 bridgehead atoms. The number of piperidine rings is 1. The molecule has 2 heterocycles. The largest absolute Gasteiger partial charge is 0.452 e. The van der Waals surface area contributed by atoms with Crippen molar-refractivity contribution in [2.24, 2.45) is 0 Å². The zero-order chi connectivity index (χ0) is 21.7. The number of ether oxygens (including phenoxy) is 1. The standard InChI is InChI=1S/C19H19FN2O6S2/c20-14-7-6-13(11-16(14)30(26,27)22-8-2-1-3-9-22)19(25)28-12-17(23)21-18(24)15-5-4-10-29-15/h4-7,10-11H,1-3,8-9,12H2,(H,21,23,24). The predicted molar refractivity (Wildman–Crippen MR) is 106 cm³/mol. The molecule has 1 N–H and O–H groups in total. The summed E-state index contributed by atoms with van der Waals surface area (Å²) in [6, 6.07) is 6.02. The van der Waals surface area contributed by atoms with E-state index in [0.29, 0.717) is 17.7 Å². The highest BCUT2D eigenvalue weighted by atomic mass is 32.2. The smallest absolute Gasteiger partial charge is 0.338 e. The third-order valence-corrected chi connectivity index (χ3v) is 7.21. The number of esters is 1. The van der Waals surface area contributed by atoms with Crippen LogP contribution in [0.1, 0.15) is 39.3 Å². The number of benzene rings is 1. The summed E-state index contributed by atoms with van der Waals surface area (Å²) in [6.07, 6.45) is 2.27. The van der Waals surface area contributed by atoms with Gasteiger partial charge < -0.3 is 4.74 Å². The van der Waals surface area contributed by atoms with Crippen molar-refractivity contribution in [3.8, 4) is 0 Å². The summed E-state index contributed by atoms with van der Waals surface area (Å²) in [5.41, 5.74) is -0.218. The predicted octanol–water partition coefficient (Wildman–Crippen LogP) is 2.18. The van der Waals surface area contributed by atoms with Crippen LogP contribution in [0.3, 0.4) is 0 Å². The number of carbonyl (C=O) groups excluding carboxylic acids is 3. The number of rotatable bonds is 6. The van der Waals surface area contributed by atoms with E-state index in [9.17, 15) is 27.2 Å². The van der Waals surface area contributed by atoms with Crippen LogP contribution in [0.5, 0.6) is 0 Å². The van der Waals surface area contributed by atoms with Crippen LogP contribution in [-0.4, -0.2) is 50.2 Å². The summed E-state index contributed by atoms with van der Waals surface area (Å²) in [5, 5.41) is 3.74. The molecule has 0 unspecified atom stereocenters. The summed E-state index contributed by atoms with van der Waals surface area (Å²) < 4.78 is 45.7. The fourth-order valence-electron chi connectivity index (χ4n) is 2.92. The molecule has 1 aliphatic rings. The highest BCUT2D eigenvalue weighted by Gasteiger charge is 2.29. The lowest BCUT2D eigenvalue weighted by Gasteiger charge is -2.26. The normalized spacial score (nSPS) is 14.8. The number of nitrogens with one attached hydrogen (secondary N) is 1. The zero-order valence-corrected chi connectivity index (χ0v) is 17.4. The van der Waals surface area contributed by atoms with Gasteiger partial charge in [-0.15, -0.1) is 11.3 Å². The fraction of sp³-hybridized carbons (Fsp3) is 0.316. The van der Waals surface area contributed by atoms with E-state index in [1.165, 1.54) is 10.4 Å². The second kappa shape index (κ2) is 9.45. The van der Waals surface area contributed by atoms with Gasteiger partial charge in [0.15, 0.2) is 6.61 Å². The molecule has 30 heavy (non-hydrogen) atoms. The average molecular weight is 455 g/mol. The third kappa shape index (κ3) is 5.10. The Bertz CT molecular complexity index is 1050. The molecule has 1 fully saturated rings. The van der Waals surface area contributed by atoms with Gasteiger partial charge in [-0.3, -0.25) is 14.9 Å². The lowest BCUT2D eigenvalue weighted by Crippen LogP contribution is -2.36. The zero-order valence-electron chi connectivity index (χ0n) is 15.8. The number of hydrogen-bond acceptors (Lipinski definition) is 7. The summed E-state index contributed by atoms with van der Waals surface area (Å²) in [7, 11) is -4.09. The first-order valence-corrected chi connectivity index (χ1v) is 11.5. The molecular formula is C19H19FN2O6S2. The Morgan fingerprint density at radius 3 is 2.53 bits per heavy atom. The van der Waals surface area contributed by atoms with Crippen molar-refractivity contribution in [3.05, 3.63) is 52.0 Å². The van der Waals surface area contributed by atoms with Crippen LogP contribution >= 0.6 is 11.3 Å². The van der Waals surface area contributed by atoms with Gasteiger partial charge >= 0.3 is 5.97 Å². The van der Waals surface area contributed by atoms with Crippen LogP contribution in [0.15, 0.2) is 40.6 Å². The Morgan fingerprint density at radius 1 is 1.13 bits per heavy atom. The van der Waals surface area contributed by atoms with Gasteiger partial charge in [0.05, 0.1) is 10.4 Å². The van der Waals surface area contributed by atoms with Gasteiger partial charge in [0, 0.05) is 13.1 Å². The number of sulfonamides is 1. The molecule has 2 aromatic rings. The second-order valence-electron chi connectivity index (χ2n) is 6.54. The summed E-state index contributed by atoms with van der Waals surface area (Å²) in [5.74, 6) is -3.45. The van der Waals surface area contributed by atoms with Crippen LogP contribution in [0.2, 0.25) is 0 Å². The summed E-state index contributed by atoms with van der Waals surface area (Å²) in [6.45, 7) is -0.175. The number of nitrogens with zero attached hydrogens (tertiary/aromatic N) is 1. The fourth-order valence-corrected chi connectivity index (χ4v) is 5.15. The maximum atomic E-state index is 14.2. The maximum Gasteiger partial charge on any atom is 0.338 e. The van der Waals surface area contributed by atoms with E-state index < -0.39 is 45.1 Å². The maximum absolute atomic E-state index is 14.2. The van der Waals surface area contributed by atoms with Crippen molar-refractivity contribution in [1.29, 1.82) is 0 Å². The Morgan fingerprint density at radius 2 is 1.87 bits per heavy atom. The second-order valence-corrected chi connectivity index (χ2v) is 9.39. The van der Waals surface area contributed by atoms with Crippen molar-refractivity contribution in [1.82, 2.24) is 9.62 Å². The van der Waals surface area contributed by atoms with E-state index >= 15 is 0 Å². The molecule has 8 nitrogen and oxygen atoms in total. The molecule has 0 atom stereocenters. The Hall–Kier alpha value is -2.63. The number of carbonyl (C=O) groups is 3. The molecule has 0 radical (unpaired) electrons. The first kappa shape index (κ1) is 22.1. The number of halogens is 1. The molecule has 1 saturated heterocycles. The molecule has 1 aromatic heterocycles. The van der Waals surface area contributed by atoms with Crippen LogP contribution in [0.25, 0.3) is 0 Å². The Balaban J connectivity index is 1.65. The van der Waals surface area contributed by atoms with Gasteiger partial charge in [-0.2, -0.15) is 4.31 Å². The van der Waals surface area contributed by atoms with Crippen molar-refractivity contribution in [3.63, 3.8) is 0 Å². The van der Waals surface area contributed by atoms with Gasteiger partial charge in [0.2, 0.25) is 10.0 Å². The van der Waals surface area contributed by atoms with E-state index in [0.717, 1.165) is 36.0 Å². The monoisotopic (exact) mass is 454 g/mol. The minimum atomic E-state index is -4.09. The topological polar surface area (TPSA) is 110 Å². The Labute approximate surface area is 176 Å². The molecule has 11 heteroatoms. The van der Waals surface area contributed by atoms with E-state index in [-0.39, 0.29) is 18.7 Å². The lowest BCUT2D eigenvalue weighted by atomic mass is 10.2. The Kier molecular flexibility index (Phi) is 6.95. The number of thiophene rings is 1. The van der Waals surface area contributed by atoms with Crippen LogP contribution in [0, 0.1) is 5.82 Å². The molecule has 160 valence electrons. The third-order valence-electron chi connectivity index (χ3n) is 4.43. The average Bonchev–Trinajstić information content (AvgIpc) is 3.28. The van der Waals surface area contributed by atoms with Crippen molar-refractivity contribution in [2.75, 3.05) is 19.7 Å². The highest BCUT2D eigenvalue weighted by Crippen LogP contribution is 2.24. The summed E-state index contributed by atoms with van der Waals surface area (Å²) in [4.78, 5) is 35.5. The molecule has 1 aromatic carbocycles. The van der Waals surface area contributed by atoms with E-state index in [4.69, 9.17) is 4.74 Å². The molecule has 0 saturated carbocycles. The van der Waals surface area contributed by atoms with Gasteiger partial charge in [-0.05, 0) is 42.5 Å². The first-order valence-electron chi connectivity index (χ1n) is 9.13.